The molecule has 0 amide bonds. The number of aromatic nitrogens is 1. The molecule has 3 aromatic rings. The molecule has 1 aliphatic carbocycles. The Hall–Kier alpha value is -3.00. The number of allylic oxidation sites excluding steroid dienone is 1. The van der Waals surface area contributed by atoms with Crippen LogP contribution in [0.4, 0.5) is 0 Å². The Morgan fingerprint density at radius 3 is 2.27 bits per heavy atom. The van der Waals surface area contributed by atoms with E-state index >= 15 is 0 Å². The summed E-state index contributed by atoms with van der Waals surface area (Å²) in [6, 6.07) is 21.4. The van der Waals surface area contributed by atoms with Crippen LogP contribution in [0.25, 0.3) is 16.8 Å². The Morgan fingerprint density at radius 2 is 1.45 bits per heavy atom. The number of pyridine rings is 1. The van der Waals surface area contributed by atoms with Gasteiger partial charge < -0.3 is 0 Å². The van der Waals surface area contributed by atoms with Crippen molar-refractivity contribution in [2.75, 3.05) is 0 Å². The van der Waals surface area contributed by atoms with Crippen LogP contribution in [0.5, 0.6) is 0 Å². The highest BCUT2D eigenvalue weighted by Crippen LogP contribution is 2.42. The second-order valence-electron chi connectivity index (χ2n) is 5.23. The van der Waals surface area contributed by atoms with Crippen LogP contribution in [-0.2, 0) is 0 Å². The lowest BCUT2D eigenvalue weighted by molar-refractivity contribution is 0.104. The Morgan fingerprint density at radius 1 is 0.773 bits per heavy atom. The van der Waals surface area contributed by atoms with Gasteiger partial charge in [0.15, 0.2) is 5.78 Å². The van der Waals surface area contributed by atoms with Crippen molar-refractivity contribution in [2.45, 2.75) is 0 Å². The minimum absolute atomic E-state index is 0.0158. The molecule has 0 N–H and O–H groups in total. The number of hydrogen-bond donors (Lipinski definition) is 0. The molecule has 0 saturated carbocycles. The van der Waals surface area contributed by atoms with Crippen LogP contribution in [0.3, 0.4) is 0 Å². The number of carbonyl (C=O) groups excluding carboxylic acids is 1. The first-order chi connectivity index (χ1) is 10.8. The van der Waals surface area contributed by atoms with Crippen LogP contribution in [0.1, 0.15) is 21.5 Å². The molecule has 0 atom stereocenters. The number of hydrogen-bond acceptors (Lipinski definition) is 2. The predicted molar refractivity (Wildman–Crippen MR) is 87.5 cm³/mol. The van der Waals surface area contributed by atoms with E-state index in [0.717, 1.165) is 28.0 Å². The van der Waals surface area contributed by atoms with Crippen molar-refractivity contribution in [1.29, 1.82) is 0 Å². The molecule has 0 radical (unpaired) electrons. The van der Waals surface area contributed by atoms with Crippen LogP contribution in [-0.4, -0.2) is 10.8 Å². The number of nitrogens with zero attached hydrogens (tertiary/aromatic N) is 1. The van der Waals surface area contributed by atoms with Crippen molar-refractivity contribution in [3.63, 3.8) is 0 Å². The first-order valence-electron chi connectivity index (χ1n) is 7.21. The summed E-state index contributed by atoms with van der Waals surface area (Å²) >= 11 is 0. The van der Waals surface area contributed by atoms with E-state index in [9.17, 15) is 4.79 Å². The van der Waals surface area contributed by atoms with Gasteiger partial charge in [0, 0.05) is 22.9 Å². The van der Waals surface area contributed by atoms with E-state index in [1.807, 2.05) is 60.7 Å². The van der Waals surface area contributed by atoms with Crippen LogP contribution < -0.4 is 0 Å². The SMILES string of the molecule is O=C(/C=C1\c2ccccc2-c2ncccc21)c1ccccc1. The average Bonchev–Trinajstić information content (AvgIpc) is 2.90. The maximum absolute atomic E-state index is 12.5. The van der Waals surface area contributed by atoms with Gasteiger partial charge in [-0.25, -0.2) is 0 Å². The standard InChI is InChI=1S/C20H13NO/c22-19(14-7-2-1-3-8-14)13-18-15-9-4-5-10-16(15)20-17(18)11-6-12-21-20/h1-13H/b18-13+. The topological polar surface area (TPSA) is 30.0 Å². The number of fused-ring (bicyclic) bond motifs is 3. The minimum Gasteiger partial charge on any atom is -0.289 e. The van der Waals surface area contributed by atoms with Crippen LogP contribution in [0.2, 0.25) is 0 Å². The van der Waals surface area contributed by atoms with Gasteiger partial charge in [0.2, 0.25) is 0 Å². The Bertz CT molecular complexity index is 847. The fourth-order valence-electron chi connectivity index (χ4n) is 2.88. The summed E-state index contributed by atoms with van der Waals surface area (Å²) < 4.78 is 0. The summed E-state index contributed by atoms with van der Waals surface area (Å²) in [4.78, 5) is 17.0. The Balaban J connectivity index is 1.88. The zero-order chi connectivity index (χ0) is 14.9. The van der Waals surface area contributed by atoms with Crippen molar-refractivity contribution in [3.8, 4) is 11.3 Å². The summed E-state index contributed by atoms with van der Waals surface area (Å²) in [5.41, 5.74) is 5.78. The van der Waals surface area contributed by atoms with Crippen molar-refractivity contribution < 1.29 is 4.79 Å². The van der Waals surface area contributed by atoms with Gasteiger partial charge in [-0.1, -0.05) is 60.7 Å². The number of benzene rings is 2. The van der Waals surface area contributed by atoms with Gasteiger partial charge in [-0.05, 0) is 23.3 Å². The molecule has 1 aliphatic rings. The molecule has 2 aromatic carbocycles. The highest BCUT2D eigenvalue weighted by molar-refractivity contribution is 6.13. The van der Waals surface area contributed by atoms with Gasteiger partial charge in [-0.15, -0.1) is 0 Å². The maximum Gasteiger partial charge on any atom is 0.186 e. The summed E-state index contributed by atoms with van der Waals surface area (Å²) in [6.45, 7) is 0. The largest absolute Gasteiger partial charge is 0.289 e. The molecule has 104 valence electrons. The molecular formula is C20H13NO. The monoisotopic (exact) mass is 283 g/mol. The third-order valence-corrected chi connectivity index (χ3v) is 3.90. The molecule has 0 unspecified atom stereocenters. The fraction of sp³-hybridized carbons (Fsp3) is 0. The molecule has 22 heavy (non-hydrogen) atoms. The summed E-state index contributed by atoms with van der Waals surface area (Å²) in [5, 5.41) is 0. The molecule has 0 aliphatic heterocycles. The van der Waals surface area contributed by atoms with Gasteiger partial charge in [-0.2, -0.15) is 0 Å². The predicted octanol–water partition coefficient (Wildman–Crippen LogP) is 4.38. The molecule has 2 heteroatoms. The quantitative estimate of drug-likeness (QED) is 0.404. The molecule has 1 aromatic heterocycles. The highest BCUT2D eigenvalue weighted by atomic mass is 16.1. The number of carbonyl (C=O) groups is 1. The smallest absolute Gasteiger partial charge is 0.186 e. The van der Waals surface area contributed by atoms with Crippen LogP contribution >= 0.6 is 0 Å². The second kappa shape index (κ2) is 5.08. The lowest BCUT2D eigenvalue weighted by Gasteiger charge is -2.02. The molecule has 1 heterocycles. The molecule has 2 nitrogen and oxygen atoms in total. The summed E-state index contributed by atoms with van der Waals surface area (Å²) in [7, 11) is 0. The normalized spacial score (nSPS) is 13.7. The van der Waals surface area contributed by atoms with E-state index in [0.29, 0.717) is 5.56 Å². The lowest BCUT2D eigenvalue weighted by Crippen LogP contribution is -1.96. The fourth-order valence-corrected chi connectivity index (χ4v) is 2.88. The zero-order valence-electron chi connectivity index (χ0n) is 11.9. The highest BCUT2D eigenvalue weighted by Gasteiger charge is 2.24. The van der Waals surface area contributed by atoms with Crippen LogP contribution in [0.15, 0.2) is 79.0 Å². The summed E-state index contributed by atoms with van der Waals surface area (Å²) in [6.07, 6.45) is 3.51. The first kappa shape index (κ1) is 12.7. The zero-order valence-corrected chi connectivity index (χ0v) is 11.9. The van der Waals surface area contributed by atoms with Crippen molar-refractivity contribution in [1.82, 2.24) is 4.98 Å². The molecular weight excluding hydrogens is 270 g/mol. The van der Waals surface area contributed by atoms with Gasteiger partial charge in [-0.3, -0.25) is 9.78 Å². The molecule has 0 fully saturated rings. The van der Waals surface area contributed by atoms with Crippen molar-refractivity contribution >= 4 is 11.4 Å². The van der Waals surface area contributed by atoms with E-state index in [4.69, 9.17) is 0 Å². The minimum atomic E-state index is 0.0158. The lowest BCUT2D eigenvalue weighted by atomic mass is 10.0. The van der Waals surface area contributed by atoms with E-state index in [1.165, 1.54) is 0 Å². The van der Waals surface area contributed by atoms with Gasteiger partial charge in [0.1, 0.15) is 0 Å². The van der Waals surface area contributed by atoms with Gasteiger partial charge in [0.05, 0.1) is 5.69 Å². The molecule has 0 bridgehead atoms. The Labute approximate surface area is 128 Å². The Kier molecular flexibility index (Phi) is 2.94. The molecule has 4 rings (SSSR count). The van der Waals surface area contributed by atoms with Gasteiger partial charge >= 0.3 is 0 Å². The third-order valence-electron chi connectivity index (χ3n) is 3.90. The number of ketones is 1. The summed E-state index contributed by atoms with van der Waals surface area (Å²) in [5.74, 6) is 0.0158. The molecule has 0 saturated heterocycles. The first-order valence-corrected chi connectivity index (χ1v) is 7.21. The molecule has 0 spiro atoms. The van der Waals surface area contributed by atoms with E-state index in [2.05, 4.69) is 11.1 Å². The van der Waals surface area contributed by atoms with E-state index in [-0.39, 0.29) is 5.78 Å². The van der Waals surface area contributed by atoms with E-state index in [1.54, 1.807) is 12.3 Å². The van der Waals surface area contributed by atoms with Crippen LogP contribution in [0, 0.1) is 0 Å². The third kappa shape index (κ3) is 1.97. The number of rotatable bonds is 2. The average molecular weight is 283 g/mol. The van der Waals surface area contributed by atoms with Crippen molar-refractivity contribution in [2.24, 2.45) is 0 Å². The maximum atomic E-state index is 12.5. The van der Waals surface area contributed by atoms with Gasteiger partial charge in [0.25, 0.3) is 0 Å². The second-order valence-corrected chi connectivity index (χ2v) is 5.23. The van der Waals surface area contributed by atoms with Crippen molar-refractivity contribution in [3.05, 3.63) is 95.7 Å². The van der Waals surface area contributed by atoms with E-state index < -0.39 is 0 Å².